The van der Waals surface area contributed by atoms with Crippen LogP contribution in [0.5, 0.6) is 0 Å². The van der Waals surface area contributed by atoms with Crippen LogP contribution in [-0.4, -0.2) is 14.8 Å². The SMILES string of the molecule is Fc1ccc(-n2cnnc2-c2ccco2)cc1. The molecule has 0 aliphatic carbocycles. The van der Waals surface area contributed by atoms with Crippen molar-refractivity contribution in [2.24, 2.45) is 0 Å². The van der Waals surface area contributed by atoms with E-state index in [0.717, 1.165) is 5.69 Å². The zero-order valence-electron chi connectivity index (χ0n) is 8.75. The van der Waals surface area contributed by atoms with Gasteiger partial charge in [-0.2, -0.15) is 0 Å². The van der Waals surface area contributed by atoms with Crippen LogP contribution >= 0.6 is 0 Å². The van der Waals surface area contributed by atoms with Gasteiger partial charge >= 0.3 is 0 Å². The Bertz CT molecular complexity index is 614. The van der Waals surface area contributed by atoms with Gasteiger partial charge in [-0.15, -0.1) is 10.2 Å². The fourth-order valence-corrected chi connectivity index (χ4v) is 1.60. The van der Waals surface area contributed by atoms with Gasteiger partial charge in [0.05, 0.1) is 6.26 Å². The molecule has 0 bridgehead atoms. The third kappa shape index (κ3) is 1.71. The number of nitrogens with zero attached hydrogens (tertiary/aromatic N) is 3. The van der Waals surface area contributed by atoms with E-state index in [1.807, 2.05) is 0 Å². The Morgan fingerprint density at radius 1 is 1.12 bits per heavy atom. The first-order valence-corrected chi connectivity index (χ1v) is 5.04. The predicted molar refractivity (Wildman–Crippen MR) is 59.0 cm³/mol. The molecule has 2 heterocycles. The van der Waals surface area contributed by atoms with Gasteiger partial charge in [0.1, 0.15) is 12.1 Å². The number of halogens is 1. The highest BCUT2D eigenvalue weighted by Gasteiger charge is 2.10. The van der Waals surface area contributed by atoms with E-state index in [1.165, 1.54) is 12.1 Å². The van der Waals surface area contributed by atoms with Gasteiger partial charge in [0.15, 0.2) is 5.76 Å². The maximum Gasteiger partial charge on any atom is 0.204 e. The third-order valence-corrected chi connectivity index (χ3v) is 2.39. The van der Waals surface area contributed by atoms with Crippen molar-refractivity contribution in [1.29, 1.82) is 0 Å². The molecule has 1 aromatic carbocycles. The Morgan fingerprint density at radius 3 is 2.65 bits per heavy atom. The van der Waals surface area contributed by atoms with E-state index in [2.05, 4.69) is 10.2 Å². The van der Waals surface area contributed by atoms with E-state index in [0.29, 0.717) is 11.6 Å². The maximum atomic E-state index is 12.8. The van der Waals surface area contributed by atoms with Gasteiger partial charge in [0.2, 0.25) is 5.82 Å². The number of rotatable bonds is 2. The molecule has 0 N–H and O–H groups in total. The van der Waals surface area contributed by atoms with E-state index in [4.69, 9.17) is 4.42 Å². The molecule has 0 fully saturated rings. The summed E-state index contributed by atoms with van der Waals surface area (Å²) in [5, 5.41) is 7.82. The minimum Gasteiger partial charge on any atom is -0.461 e. The minimum absolute atomic E-state index is 0.277. The summed E-state index contributed by atoms with van der Waals surface area (Å²) in [6.07, 6.45) is 3.13. The highest BCUT2D eigenvalue weighted by molar-refractivity contribution is 5.51. The fourth-order valence-electron chi connectivity index (χ4n) is 1.60. The molecule has 0 saturated carbocycles. The summed E-state index contributed by atoms with van der Waals surface area (Å²) in [6.45, 7) is 0. The van der Waals surface area contributed by atoms with E-state index in [1.54, 1.807) is 41.4 Å². The number of furan rings is 1. The molecule has 0 aliphatic heterocycles. The Labute approximate surface area is 96.3 Å². The molecule has 5 heteroatoms. The molecule has 3 aromatic rings. The summed E-state index contributed by atoms with van der Waals surface area (Å²) < 4.78 is 19.8. The van der Waals surface area contributed by atoms with Crippen molar-refractivity contribution in [3.05, 3.63) is 54.8 Å². The summed E-state index contributed by atoms with van der Waals surface area (Å²) >= 11 is 0. The summed E-state index contributed by atoms with van der Waals surface area (Å²) in [5.41, 5.74) is 0.780. The Morgan fingerprint density at radius 2 is 1.94 bits per heavy atom. The number of hydrogen-bond donors (Lipinski definition) is 0. The molecule has 0 atom stereocenters. The number of benzene rings is 1. The lowest BCUT2D eigenvalue weighted by atomic mass is 10.3. The van der Waals surface area contributed by atoms with Crippen molar-refractivity contribution in [3.8, 4) is 17.3 Å². The monoisotopic (exact) mass is 229 g/mol. The fraction of sp³-hybridized carbons (Fsp3) is 0. The van der Waals surface area contributed by atoms with Crippen LogP contribution in [0.3, 0.4) is 0 Å². The summed E-state index contributed by atoms with van der Waals surface area (Å²) in [5.74, 6) is 0.926. The quantitative estimate of drug-likeness (QED) is 0.678. The second kappa shape index (κ2) is 3.86. The lowest BCUT2D eigenvalue weighted by Gasteiger charge is -2.04. The summed E-state index contributed by atoms with van der Waals surface area (Å²) in [4.78, 5) is 0. The van der Waals surface area contributed by atoms with Crippen LogP contribution in [0.1, 0.15) is 0 Å². The van der Waals surface area contributed by atoms with Gasteiger partial charge in [-0.05, 0) is 36.4 Å². The summed E-state index contributed by atoms with van der Waals surface area (Å²) in [7, 11) is 0. The second-order valence-corrected chi connectivity index (χ2v) is 3.48. The molecule has 0 radical (unpaired) electrons. The lowest BCUT2D eigenvalue weighted by molar-refractivity contribution is 0.575. The molecule has 0 unspecified atom stereocenters. The molecule has 0 aliphatic rings. The molecule has 4 nitrogen and oxygen atoms in total. The molecular formula is C12H8FN3O. The Hall–Kier alpha value is -2.43. The topological polar surface area (TPSA) is 43.9 Å². The van der Waals surface area contributed by atoms with Crippen LogP contribution in [0.2, 0.25) is 0 Å². The minimum atomic E-state index is -0.277. The van der Waals surface area contributed by atoms with Crippen molar-refractivity contribution < 1.29 is 8.81 Å². The highest BCUT2D eigenvalue weighted by atomic mass is 19.1. The van der Waals surface area contributed by atoms with Crippen LogP contribution in [0, 0.1) is 5.82 Å². The Balaban J connectivity index is 2.10. The van der Waals surface area contributed by atoms with Crippen LogP contribution in [-0.2, 0) is 0 Å². The largest absolute Gasteiger partial charge is 0.461 e. The second-order valence-electron chi connectivity index (χ2n) is 3.48. The number of hydrogen-bond acceptors (Lipinski definition) is 3. The molecular weight excluding hydrogens is 221 g/mol. The normalized spacial score (nSPS) is 10.6. The first-order valence-electron chi connectivity index (χ1n) is 5.04. The van der Waals surface area contributed by atoms with Crippen LogP contribution in [0.4, 0.5) is 4.39 Å². The molecule has 17 heavy (non-hydrogen) atoms. The first-order chi connectivity index (χ1) is 8.34. The van der Waals surface area contributed by atoms with Gasteiger partial charge in [-0.25, -0.2) is 4.39 Å². The third-order valence-electron chi connectivity index (χ3n) is 2.39. The van der Waals surface area contributed by atoms with E-state index in [-0.39, 0.29) is 5.82 Å². The standard InChI is InChI=1S/C12H8FN3O/c13-9-3-5-10(6-4-9)16-8-14-15-12(16)11-2-1-7-17-11/h1-8H. The van der Waals surface area contributed by atoms with Crippen LogP contribution in [0.15, 0.2) is 53.4 Å². The van der Waals surface area contributed by atoms with Crippen LogP contribution < -0.4 is 0 Å². The lowest BCUT2D eigenvalue weighted by Crippen LogP contribution is -1.95. The van der Waals surface area contributed by atoms with E-state index < -0.39 is 0 Å². The molecule has 84 valence electrons. The zero-order chi connectivity index (χ0) is 11.7. The average molecular weight is 229 g/mol. The molecule has 0 amide bonds. The molecule has 0 saturated heterocycles. The van der Waals surface area contributed by atoms with Crippen molar-refractivity contribution >= 4 is 0 Å². The first kappa shape index (κ1) is 9.77. The van der Waals surface area contributed by atoms with Gasteiger partial charge < -0.3 is 4.42 Å². The number of aromatic nitrogens is 3. The van der Waals surface area contributed by atoms with Crippen molar-refractivity contribution in [3.63, 3.8) is 0 Å². The molecule has 3 rings (SSSR count). The molecule has 0 spiro atoms. The Kier molecular flexibility index (Phi) is 2.22. The van der Waals surface area contributed by atoms with E-state index >= 15 is 0 Å². The average Bonchev–Trinajstić information content (AvgIpc) is 3.00. The van der Waals surface area contributed by atoms with Crippen molar-refractivity contribution in [1.82, 2.24) is 14.8 Å². The highest BCUT2D eigenvalue weighted by Crippen LogP contribution is 2.20. The van der Waals surface area contributed by atoms with Crippen molar-refractivity contribution in [2.45, 2.75) is 0 Å². The maximum absolute atomic E-state index is 12.8. The van der Waals surface area contributed by atoms with Crippen LogP contribution in [0.25, 0.3) is 17.3 Å². The summed E-state index contributed by atoms with van der Waals surface area (Å²) in [6, 6.07) is 9.67. The van der Waals surface area contributed by atoms with Gasteiger partial charge in [-0.1, -0.05) is 0 Å². The van der Waals surface area contributed by atoms with Crippen molar-refractivity contribution in [2.75, 3.05) is 0 Å². The zero-order valence-corrected chi connectivity index (χ0v) is 8.75. The van der Waals surface area contributed by atoms with Gasteiger partial charge in [0.25, 0.3) is 0 Å². The van der Waals surface area contributed by atoms with Gasteiger partial charge in [-0.3, -0.25) is 4.57 Å². The van der Waals surface area contributed by atoms with E-state index in [9.17, 15) is 4.39 Å². The smallest absolute Gasteiger partial charge is 0.204 e. The van der Waals surface area contributed by atoms with Gasteiger partial charge in [0, 0.05) is 5.69 Å². The molecule has 2 aromatic heterocycles. The predicted octanol–water partition coefficient (Wildman–Crippen LogP) is 2.67.